The molecule has 17 heavy (non-hydrogen) atoms. The van der Waals surface area contributed by atoms with Crippen LogP contribution in [0.25, 0.3) is 0 Å². The zero-order valence-corrected chi connectivity index (χ0v) is 11.5. The van der Waals surface area contributed by atoms with Crippen molar-refractivity contribution in [3.05, 3.63) is 0 Å². The zero-order chi connectivity index (χ0) is 12.8. The van der Waals surface area contributed by atoms with E-state index >= 15 is 0 Å². The highest BCUT2D eigenvalue weighted by molar-refractivity contribution is 5.80. The first kappa shape index (κ1) is 14.5. The second-order valence-electron chi connectivity index (χ2n) is 4.93. The highest BCUT2D eigenvalue weighted by Crippen LogP contribution is 2.17. The average Bonchev–Trinajstić information content (AvgIpc) is 2.82. The van der Waals surface area contributed by atoms with Gasteiger partial charge in [-0.3, -0.25) is 4.79 Å². The van der Waals surface area contributed by atoms with Crippen LogP contribution >= 0.6 is 0 Å². The highest BCUT2D eigenvalue weighted by Gasteiger charge is 2.35. The molecule has 1 heterocycles. The highest BCUT2D eigenvalue weighted by atomic mass is 16.5. The second-order valence-corrected chi connectivity index (χ2v) is 4.93. The smallest absolute Gasteiger partial charge is 0.229 e. The summed E-state index contributed by atoms with van der Waals surface area (Å²) in [5, 5.41) is 3.17. The number of ether oxygens (including phenoxy) is 1. The van der Waals surface area contributed by atoms with Gasteiger partial charge in [0.1, 0.15) is 0 Å². The summed E-state index contributed by atoms with van der Waals surface area (Å²) in [6.07, 6.45) is 1.11. The van der Waals surface area contributed by atoms with Gasteiger partial charge in [-0.05, 0) is 19.9 Å². The number of hydrogen-bond acceptors (Lipinski definition) is 3. The molecule has 0 saturated carbocycles. The Morgan fingerprint density at radius 3 is 2.71 bits per heavy atom. The Kier molecular flexibility index (Phi) is 5.92. The lowest BCUT2D eigenvalue weighted by Crippen LogP contribution is -2.46. The molecule has 1 amide bonds. The first-order valence-electron chi connectivity index (χ1n) is 6.67. The van der Waals surface area contributed by atoms with Crippen molar-refractivity contribution in [2.24, 2.45) is 11.8 Å². The summed E-state index contributed by atoms with van der Waals surface area (Å²) in [5.41, 5.74) is 0. The van der Waals surface area contributed by atoms with E-state index in [2.05, 4.69) is 19.2 Å². The number of amides is 1. The topological polar surface area (TPSA) is 41.6 Å². The molecule has 4 heteroatoms. The number of hydrogen-bond donors (Lipinski definition) is 1. The predicted octanol–water partition coefficient (Wildman–Crippen LogP) is 1.12. The SMILES string of the molecule is CCC(C)CN(CC)C(=O)C1COCC1NC. The second kappa shape index (κ2) is 6.97. The molecule has 0 aromatic rings. The Hall–Kier alpha value is -0.610. The van der Waals surface area contributed by atoms with Crippen molar-refractivity contribution in [3.8, 4) is 0 Å². The van der Waals surface area contributed by atoms with Crippen LogP contribution in [0.1, 0.15) is 27.2 Å². The quantitative estimate of drug-likeness (QED) is 0.759. The minimum atomic E-state index is -0.0102. The molecule has 100 valence electrons. The minimum absolute atomic E-state index is 0.0102. The molecule has 1 aliphatic rings. The van der Waals surface area contributed by atoms with Crippen LogP contribution in [0, 0.1) is 11.8 Å². The lowest BCUT2D eigenvalue weighted by molar-refractivity contribution is -0.136. The van der Waals surface area contributed by atoms with E-state index in [1.165, 1.54) is 0 Å². The Morgan fingerprint density at radius 1 is 1.47 bits per heavy atom. The summed E-state index contributed by atoms with van der Waals surface area (Å²) in [5.74, 6) is 0.794. The van der Waals surface area contributed by atoms with Crippen LogP contribution in [0.15, 0.2) is 0 Å². The summed E-state index contributed by atoms with van der Waals surface area (Å²) < 4.78 is 5.40. The Labute approximate surface area is 105 Å². The van der Waals surface area contributed by atoms with Crippen LogP contribution < -0.4 is 5.32 Å². The van der Waals surface area contributed by atoms with Gasteiger partial charge in [0, 0.05) is 19.1 Å². The van der Waals surface area contributed by atoms with Gasteiger partial charge in [-0.2, -0.15) is 0 Å². The largest absolute Gasteiger partial charge is 0.379 e. The maximum atomic E-state index is 12.4. The van der Waals surface area contributed by atoms with Gasteiger partial charge in [0.05, 0.1) is 19.1 Å². The molecular weight excluding hydrogens is 216 g/mol. The van der Waals surface area contributed by atoms with Crippen LogP contribution in [0.4, 0.5) is 0 Å². The summed E-state index contributed by atoms with van der Waals surface area (Å²) in [7, 11) is 1.89. The van der Waals surface area contributed by atoms with E-state index in [4.69, 9.17) is 4.74 Å². The summed E-state index contributed by atoms with van der Waals surface area (Å²) in [6.45, 7) is 9.25. The van der Waals surface area contributed by atoms with Crippen molar-refractivity contribution in [2.75, 3.05) is 33.4 Å². The molecule has 3 unspecified atom stereocenters. The molecule has 1 rings (SSSR count). The van der Waals surface area contributed by atoms with Crippen LogP contribution in [-0.2, 0) is 9.53 Å². The molecule has 0 aromatic heterocycles. The third-order valence-corrected chi connectivity index (χ3v) is 3.69. The number of likely N-dealkylation sites (N-methyl/N-ethyl adjacent to an activating group) is 1. The molecule has 1 aliphatic heterocycles. The van der Waals surface area contributed by atoms with Gasteiger partial charge in [-0.25, -0.2) is 0 Å². The van der Waals surface area contributed by atoms with Gasteiger partial charge in [0.15, 0.2) is 0 Å². The van der Waals surface area contributed by atoms with Gasteiger partial charge >= 0.3 is 0 Å². The van der Waals surface area contributed by atoms with Crippen molar-refractivity contribution < 1.29 is 9.53 Å². The molecule has 0 aliphatic carbocycles. The minimum Gasteiger partial charge on any atom is -0.379 e. The molecule has 0 spiro atoms. The van der Waals surface area contributed by atoms with E-state index in [-0.39, 0.29) is 17.9 Å². The number of carbonyl (C=O) groups excluding carboxylic acids is 1. The van der Waals surface area contributed by atoms with E-state index in [1.807, 2.05) is 18.9 Å². The first-order valence-corrected chi connectivity index (χ1v) is 6.67. The normalized spacial score (nSPS) is 25.9. The van der Waals surface area contributed by atoms with Gasteiger partial charge in [0.2, 0.25) is 5.91 Å². The Morgan fingerprint density at radius 2 is 2.18 bits per heavy atom. The third kappa shape index (κ3) is 3.68. The van der Waals surface area contributed by atoms with E-state index in [0.29, 0.717) is 19.1 Å². The molecule has 1 N–H and O–H groups in total. The van der Waals surface area contributed by atoms with Crippen LogP contribution in [-0.4, -0.2) is 50.2 Å². The maximum absolute atomic E-state index is 12.4. The van der Waals surface area contributed by atoms with E-state index in [1.54, 1.807) is 0 Å². The zero-order valence-electron chi connectivity index (χ0n) is 11.5. The van der Waals surface area contributed by atoms with Crippen molar-refractivity contribution >= 4 is 5.91 Å². The molecule has 1 saturated heterocycles. The number of rotatable bonds is 6. The lowest BCUT2D eigenvalue weighted by atomic mass is 10.0. The fraction of sp³-hybridized carbons (Fsp3) is 0.923. The molecule has 4 nitrogen and oxygen atoms in total. The van der Waals surface area contributed by atoms with E-state index in [0.717, 1.165) is 19.5 Å². The van der Waals surface area contributed by atoms with Crippen molar-refractivity contribution in [2.45, 2.75) is 33.2 Å². The fourth-order valence-corrected chi connectivity index (χ4v) is 2.20. The van der Waals surface area contributed by atoms with Crippen molar-refractivity contribution in [3.63, 3.8) is 0 Å². The maximum Gasteiger partial charge on any atom is 0.229 e. The number of carbonyl (C=O) groups is 1. The molecular formula is C13H26N2O2. The van der Waals surface area contributed by atoms with E-state index in [9.17, 15) is 4.79 Å². The van der Waals surface area contributed by atoms with Gasteiger partial charge in [-0.1, -0.05) is 20.3 Å². The number of nitrogens with one attached hydrogen (secondary N) is 1. The monoisotopic (exact) mass is 242 g/mol. The lowest BCUT2D eigenvalue weighted by Gasteiger charge is -2.28. The van der Waals surface area contributed by atoms with Gasteiger partial charge < -0.3 is 15.0 Å². The Balaban J connectivity index is 2.59. The third-order valence-electron chi connectivity index (χ3n) is 3.69. The van der Waals surface area contributed by atoms with Crippen LogP contribution in [0.2, 0.25) is 0 Å². The molecule has 0 radical (unpaired) electrons. The summed E-state index contributed by atoms with van der Waals surface area (Å²) in [6, 6.07) is 0.175. The predicted molar refractivity (Wildman–Crippen MR) is 68.9 cm³/mol. The first-order chi connectivity index (χ1) is 8.13. The molecule has 1 fully saturated rings. The van der Waals surface area contributed by atoms with Crippen LogP contribution in [0.5, 0.6) is 0 Å². The van der Waals surface area contributed by atoms with Crippen LogP contribution in [0.3, 0.4) is 0 Å². The Bertz CT molecular complexity index is 246. The average molecular weight is 242 g/mol. The van der Waals surface area contributed by atoms with E-state index < -0.39 is 0 Å². The fourth-order valence-electron chi connectivity index (χ4n) is 2.20. The molecule has 3 atom stereocenters. The standard InChI is InChI=1S/C13H26N2O2/c1-5-10(3)7-15(6-2)13(16)11-8-17-9-12(11)14-4/h10-12,14H,5-9H2,1-4H3. The van der Waals surface area contributed by atoms with Crippen molar-refractivity contribution in [1.29, 1.82) is 0 Å². The van der Waals surface area contributed by atoms with Gasteiger partial charge in [0.25, 0.3) is 0 Å². The summed E-state index contributed by atoms with van der Waals surface area (Å²) >= 11 is 0. The number of nitrogens with zero attached hydrogens (tertiary/aromatic N) is 1. The summed E-state index contributed by atoms with van der Waals surface area (Å²) in [4.78, 5) is 14.4. The molecule has 0 aromatic carbocycles. The molecule has 0 bridgehead atoms. The van der Waals surface area contributed by atoms with Gasteiger partial charge in [-0.15, -0.1) is 0 Å². The van der Waals surface area contributed by atoms with Crippen molar-refractivity contribution in [1.82, 2.24) is 10.2 Å².